The van der Waals surface area contributed by atoms with E-state index in [9.17, 15) is 0 Å². The van der Waals surface area contributed by atoms with Crippen LogP contribution in [0.15, 0.2) is 41.8 Å². The molecular weight excluding hydrogens is 262 g/mol. The van der Waals surface area contributed by atoms with Crippen molar-refractivity contribution in [3.63, 3.8) is 0 Å². The number of aromatic nitrogens is 3. The van der Waals surface area contributed by atoms with Gasteiger partial charge in [0.1, 0.15) is 5.01 Å². The number of nitrogens with two attached hydrogens (primary N) is 1. The molecule has 0 aliphatic rings. The number of thiazole rings is 1. The van der Waals surface area contributed by atoms with E-state index in [0.29, 0.717) is 12.4 Å². The van der Waals surface area contributed by atoms with Crippen molar-refractivity contribution in [2.75, 3.05) is 0 Å². The second kappa shape index (κ2) is 4.69. The predicted molar refractivity (Wildman–Crippen MR) is 73.5 cm³/mol. The Bertz CT molecular complexity index is 712. The van der Waals surface area contributed by atoms with Gasteiger partial charge in [-0.05, 0) is 12.1 Å². The van der Waals surface area contributed by atoms with Crippen molar-refractivity contribution >= 4 is 27.4 Å². The van der Waals surface area contributed by atoms with Crippen molar-refractivity contribution in [1.29, 1.82) is 0 Å². The zero-order chi connectivity index (χ0) is 13.2. The van der Waals surface area contributed by atoms with Crippen LogP contribution in [0, 0.1) is 0 Å². The van der Waals surface area contributed by atoms with E-state index >= 15 is 0 Å². The molecule has 0 radical (unpaired) electrons. The SMILES string of the molecule is N/C(=N/O)c1nccn1Cc1nc2ccccc2s1. The van der Waals surface area contributed by atoms with E-state index in [-0.39, 0.29) is 5.84 Å². The van der Waals surface area contributed by atoms with E-state index < -0.39 is 0 Å². The molecule has 0 unspecified atom stereocenters. The van der Waals surface area contributed by atoms with Crippen molar-refractivity contribution in [2.24, 2.45) is 10.9 Å². The molecule has 0 atom stereocenters. The maximum Gasteiger partial charge on any atom is 0.206 e. The Labute approximate surface area is 112 Å². The number of hydrogen-bond donors (Lipinski definition) is 2. The largest absolute Gasteiger partial charge is 0.409 e. The van der Waals surface area contributed by atoms with Gasteiger partial charge in [0.15, 0.2) is 5.82 Å². The van der Waals surface area contributed by atoms with Crippen LogP contribution in [0.4, 0.5) is 0 Å². The van der Waals surface area contributed by atoms with Gasteiger partial charge in [-0.1, -0.05) is 17.3 Å². The quantitative estimate of drug-likeness (QED) is 0.328. The summed E-state index contributed by atoms with van der Waals surface area (Å²) in [6.45, 7) is 0.547. The molecule has 7 heteroatoms. The molecule has 0 amide bonds. The summed E-state index contributed by atoms with van der Waals surface area (Å²) >= 11 is 1.62. The van der Waals surface area contributed by atoms with Crippen LogP contribution in [0.25, 0.3) is 10.2 Å². The zero-order valence-electron chi connectivity index (χ0n) is 9.89. The fourth-order valence-electron chi connectivity index (χ4n) is 1.85. The molecule has 2 heterocycles. The molecular formula is C12H11N5OS. The molecule has 19 heavy (non-hydrogen) atoms. The number of fused-ring (bicyclic) bond motifs is 1. The number of para-hydroxylation sites is 1. The van der Waals surface area contributed by atoms with Crippen LogP contribution in [-0.2, 0) is 6.54 Å². The number of hydrogen-bond acceptors (Lipinski definition) is 5. The highest BCUT2D eigenvalue weighted by molar-refractivity contribution is 7.18. The Morgan fingerprint density at radius 2 is 2.26 bits per heavy atom. The minimum absolute atomic E-state index is 0.00823. The lowest BCUT2D eigenvalue weighted by Crippen LogP contribution is -2.19. The van der Waals surface area contributed by atoms with Crippen LogP contribution in [0.2, 0.25) is 0 Å². The predicted octanol–water partition coefficient (Wildman–Crippen LogP) is 1.64. The van der Waals surface area contributed by atoms with Crippen LogP contribution < -0.4 is 5.73 Å². The third-order valence-electron chi connectivity index (χ3n) is 2.70. The van der Waals surface area contributed by atoms with Crippen LogP contribution in [-0.4, -0.2) is 25.6 Å². The smallest absolute Gasteiger partial charge is 0.206 e. The van der Waals surface area contributed by atoms with Crippen molar-refractivity contribution in [3.05, 3.63) is 47.5 Å². The van der Waals surface area contributed by atoms with Gasteiger partial charge in [0.2, 0.25) is 5.84 Å². The van der Waals surface area contributed by atoms with Gasteiger partial charge >= 0.3 is 0 Å². The molecule has 96 valence electrons. The topological polar surface area (TPSA) is 89.3 Å². The van der Waals surface area contributed by atoms with Crippen molar-refractivity contribution in [1.82, 2.24) is 14.5 Å². The van der Waals surface area contributed by atoms with Gasteiger partial charge in [0.25, 0.3) is 0 Å². The molecule has 3 aromatic rings. The van der Waals surface area contributed by atoms with E-state index in [0.717, 1.165) is 15.2 Å². The highest BCUT2D eigenvalue weighted by Gasteiger charge is 2.10. The van der Waals surface area contributed by atoms with E-state index in [1.54, 1.807) is 28.3 Å². The van der Waals surface area contributed by atoms with Crippen LogP contribution in [0.1, 0.15) is 10.8 Å². The van der Waals surface area contributed by atoms with Gasteiger partial charge in [-0.3, -0.25) is 0 Å². The Hall–Kier alpha value is -2.41. The van der Waals surface area contributed by atoms with Gasteiger partial charge in [0.05, 0.1) is 16.8 Å². The molecule has 2 aromatic heterocycles. The summed E-state index contributed by atoms with van der Waals surface area (Å²) in [7, 11) is 0. The average molecular weight is 273 g/mol. The lowest BCUT2D eigenvalue weighted by molar-refractivity contribution is 0.318. The van der Waals surface area contributed by atoms with E-state index in [2.05, 4.69) is 15.1 Å². The van der Waals surface area contributed by atoms with Crippen LogP contribution in [0.3, 0.4) is 0 Å². The monoisotopic (exact) mass is 273 g/mol. The summed E-state index contributed by atoms with van der Waals surface area (Å²) in [5.41, 5.74) is 6.55. The fourth-order valence-corrected chi connectivity index (χ4v) is 2.81. The molecule has 0 aliphatic heterocycles. The van der Waals surface area contributed by atoms with Gasteiger partial charge in [0, 0.05) is 12.4 Å². The number of nitrogens with zero attached hydrogens (tertiary/aromatic N) is 4. The van der Waals surface area contributed by atoms with Crippen molar-refractivity contribution in [2.45, 2.75) is 6.54 Å². The summed E-state index contributed by atoms with van der Waals surface area (Å²) in [6.07, 6.45) is 3.39. The number of rotatable bonds is 3. The highest BCUT2D eigenvalue weighted by Crippen LogP contribution is 2.22. The fraction of sp³-hybridized carbons (Fsp3) is 0.0833. The average Bonchev–Trinajstić information content (AvgIpc) is 3.04. The third-order valence-corrected chi connectivity index (χ3v) is 3.72. The maximum atomic E-state index is 8.71. The molecule has 0 bridgehead atoms. The Kier molecular flexibility index (Phi) is 2.88. The van der Waals surface area contributed by atoms with E-state index in [1.165, 1.54) is 0 Å². The summed E-state index contributed by atoms with van der Waals surface area (Å²) in [6, 6.07) is 7.97. The molecule has 0 aliphatic carbocycles. The second-order valence-electron chi connectivity index (χ2n) is 3.94. The van der Waals surface area contributed by atoms with Crippen molar-refractivity contribution < 1.29 is 5.21 Å². The van der Waals surface area contributed by atoms with Gasteiger partial charge in [-0.15, -0.1) is 11.3 Å². The summed E-state index contributed by atoms with van der Waals surface area (Å²) in [5, 5.41) is 12.6. The maximum absolute atomic E-state index is 8.71. The van der Waals surface area contributed by atoms with E-state index in [4.69, 9.17) is 10.9 Å². The van der Waals surface area contributed by atoms with Gasteiger partial charge in [-0.25, -0.2) is 9.97 Å². The van der Waals surface area contributed by atoms with Crippen LogP contribution in [0.5, 0.6) is 0 Å². The van der Waals surface area contributed by atoms with Crippen molar-refractivity contribution in [3.8, 4) is 0 Å². The Morgan fingerprint density at radius 3 is 3.05 bits per heavy atom. The first-order valence-electron chi connectivity index (χ1n) is 5.61. The molecule has 0 spiro atoms. The Morgan fingerprint density at radius 1 is 1.42 bits per heavy atom. The first-order chi connectivity index (χ1) is 9.28. The summed E-state index contributed by atoms with van der Waals surface area (Å²) in [5.74, 6) is 0.424. The molecule has 0 saturated heterocycles. The summed E-state index contributed by atoms with van der Waals surface area (Å²) in [4.78, 5) is 8.60. The normalized spacial score (nSPS) is 12.1. The molecule has 3 rings (SSSR count). The molecule has 1 aromatic carbocycles. The van der Waals surface area contributed by atoms with Gasteiger partial charge in [-0.2, -0.15) is 0 Å². The third kappa shape index (κ3) is 2.15. The number of benzene rings is 1. The molecule has 3 N–H and O–H groups in total. The zero-order valence-corrected chi connectivity index (χ0v) is 10.7. The molecule has 0 fully saturated rings. The lowest BCUT2D eigenvalue weighted by Gasteiger charge is -2.03. The minimum atomic E-state index is -0.00823. The molecule has 6 nitrogen and oxygen atoms in total. The number of amidine groups is 1. The minimum Gasteiger partial charge on any atom is -0.409 e. The Balaban J connectivity index is 1.95. The lowest BCUT2D eigenvalue weighted by atomic mass is 10.3. The first-order valence-corrected chi connectivity index (χ1v) is 6.43. The highest BCUT2D eigenvalue weighted by atomic mass is 32.1. The standard InChI is InChI=1S/C12H11N5OS/c13-11(16-18)12-14-5-6-17(12)7-10-15-8-3-1-2-4-9(8)19-10/h1-6,18H,7H2,(H2,13,16). The van der Waals surface area contributed by atoms with Crippen LogP contribution >= 0.6 is 11.3 Å². The second-order valence-corrected chi connectivity index (χ2v) is 5.05. The van der Waals surface area contributed by atoms with Gasteiger partial charge < -0.3 is 15.5 Å². The molecule has 0 saturated carbocycles. The number of imidazole rings is 1. The first kappa shape index (κ1) is 11.7. The summed E-state index contributed by atoms with van der Waals surface area (Å²) < 4.78 is 2.94. The van der Waals surface area contributed by atoms with E-state index in [1.807, 2.05) is 24.3 Å². The number of oxime groups is 1.